The van der Waals surface area contributed by atoms with Crippen molar-refractivity contribution in [3.8, 4) is 6.07 Å². The highest BCUT2D eigenvalue weighted by Crippen LogP contribution is 2.44. The van der Waals surface area contributed by atoms with Crippen LogP contribution < -0.4 is 0 Å². The molecule has 0 radical (unpaired) electrons. The lowest BCUT2D eigenvalue weighted by molar-refractivity contribution is 0.495. The fourth-order valence-corrected chi connectivity index (χ4v) is 4.99. The molecular weight excluding hydrogens is 328 g/mol. The van der Waals surface area contributed by atoms with Crippen LogP contribution in [0.15, 0.2) is 0 Å². The van der Waals surface area contributed by atoms with Gasteiger partial charge in [-0.15, -0.1) is 0 Å². The van der Waals surface area contributed by atoms with Crippen molar-refractivity contribution in [1.82, 2.24) is 0 Å². The lowest BCUT2D eigenvalue weighted by atomic mass is 9.87. The summed E-state index contributed by atoms with van der Waals surface area (Å²) in [5.74, 6) is 0. The normalized spacial score (nSPS) is 44.9. The molecule has 0 atom stereocenters. The predicted octanol–water partition coefficient (Wildman–Crippen LogP) is 2.28. The fraction of sp³-hybridized carbons (Fsp3) is 0.800. The van der Waals surface area contributed by atoms with Crippen molar-refractivity contribution >= 4 is 45.2 Å². The molecule has 0 amide bonds. The highest BCUT2D eigenvalue weighted by Gasteiger charge is 2.40. The van der Waals surface area contributed by atoms with Gasteiger partial charge in [0.05, 0.1) is 6.07 Å². The van der Waals surface area contributed by atoms with Crippen LogP contribution in [-0.4, -0.2) is 7.35 Å². The molecule has 0 N–H and O–H groups in total. The first-order valence-corrected chi connectivity index (χ1v) is 4.73. The molecule has 0 heterocycles. The molecule has 1 nitrogen and oxygen atoms in total. The zero-order valence-corrected chi connectivity index (χ0v) is 8.51. The second-order valence-electron chi connectivity index (χ2n) is 2.08. The van der Waals surface area contributed by atoms with Gasteiger partial charge < -0.3 is 0 Å². The van der Waals surface area contributed by atoms with Crippen LogP contribution in [0.25, 0.3) is 0 Å². The van der Waals surface area contributed by atoms with Crippen LogP contribution in [0, 0.1) is 11.3 Å². The molecule has 1 rings (SSSR count). The van der Waals surface area contributed by atoms with E-state index in [1.165, 1.54) is 0 Å². The minimum Gasteiger partial charge on any atom is -0.197 e. The summed E-state index contributed by atoms with van der Waals surface area (Å²) in [7, 11) is 0. The summed E-state index contributed by atoms with van der Waals surface area (Å²) in [6.45, 7) is 0. The molecule has 0 aromatic carbocycles. The van der Waals surface area contributed by atoms with Gasteiger partial charge in [-0.3, -0.25) is 0 Å². The number of alkyl halides is 2. The van der Waals surface area contributed by atoms with Crippen molar-refractivity contribution in [2.45, 2.75) is 20.2 Å². The van der Waals surface area contributed by atoms with Crippen LogP contribution >= 0.6 is 45.2 Å². The molecule has 0 aromatic heterocycles. The van der Waals surface area contributed by atoms with Gasteiger partial charge in [0.25, 0.3) is 0 Å². The number of hydrogen-bond acceptors (Lipinski definition) is 1. The lowest BCUT2D eigenvalue weighted by Gasteiger charge is -2.34. The molecule has 0 bridgehead atoms. The number of halogens is 2. The van der Waals surface area contributed by atoms with Gasteiger partial charge in [0.2, 0.25) is 0 Å². The topological polar surface area (TPSA) is 23.8 Å². The summed E-state index contributed by atoms with van der Waals surface area (Å²) in [6, 6.07) is 2.29. The third kappa shape index (κ3) is 1.26. The van der Waals surface area contributed by atoms with E-state index >= 15 is 0 Å². The first-order valence-electron chi connectivity index (χ1n) is 2.40. The molecule has 0 aliphatic heterocycles. The Morgan fingerprint density at radius 2 is 2.12 bits per heavy atom. The molecule has 0 spiro atoms. The van der Waals surface area contributed by atoms with E-state index in [-0.39, 0.29) is 3.42 Å². The third-order valence-electron chi connectivity index (χ3n) is 1.29. The first kappa shape index (κ1) is 7.06. The monoisotopic (exact) mass is 333 g/mol. The van der Waals surface area contributed by atoms with Gasteiger partial charge >= 0.3 is 0 Å². The number of rotatable bonds is 0. The average molecular weight is 333 g/mol. The molecular formula is C5H5I2N. The van der Waals surface area contributed by atoms with E-state index in [1.807, 2.05) is 0 Å². The second-order valence-corrected chi connectivity index (χ2v) is 5.91. The Morgan fingerprint density at radius 3 is 2.25 bits per heavy atom. The predicted molar refractivity (Wildman–Crippen MR) is 49.4 cm³/mol. The molecule has 1 fully saturated rings. The molecule has 1 saturated carbocycles. The zero-order chi connectivity index (χ0) is 6.20. The Labute approximate surface area is 76.1 Å². The maximum absolute atomic E-state index is 8.50. The van der Waals surface area contributed by atoms with Gasteiger partial charge in [-0.05, 0) is 12.8 Å². The summed E-state index contributed by atoms with van der Waals surface area (Å²) in [6.07, 6.45) is 2.15. The molecule has 0 unspecified atom stereocenters. The lowest BCUT2D eigenvalue weighted by Crippen LogP contribution is -2.36. The average Bonchev–Trinajstić information content (AvgIpc) is 1.63. The Morgan fingerprint density at radius 1 is 1.62 bits per heavy atom. The Hall–Kier alpha value is 0.950. The quantitative estimate of drug-likeness (QED) is 0.493. The van der Waals surface area contributed by atoms with Crippen LogP contribution in [-0.2, 0) is 0 Å². The minimum atomic E-state index is 0.00359. The molecule has 8 heavy (non-hydrogen) atoms. The number of nitrogens with zero attached hydrogens (tertiary/aromatic N) is 1. The number of nitriles is 1. The Balaban J connectivity index is 2.44. The van der Waals surface area contributed by atoms with E-state index in [1.54, 1.807) is 0 Å². The van der Waals surface area contributed by atoms with Crippen LogP contribution in [0.5, 0.6) is 0 Å². The SMILES string of the molecule is N#CC1(I)CC(I)C1. The minimum absolute atomic E-state index is 0.00359. The second kappa shape index (κ2) is 2.29. The van der Waals surface area contributed by atoms with Gasteiger partial charge in [0.15, 0.2) is 0 Å². The highest BCUT2D eigenvalue weighted by atomic mass is 127. The van der Waals surface area contributed by atoms with Crippen LogP contribution in [0.4, 0.5) is 0 Å². The van der Waals surface area contributed by atoms with Crippen molar-refractivity contribution in [2.75, 3.05) is 0 Å². The molecule has 3 heteroatoms. The summed E-state index contributed by atoms with van der Waals surface area (Å²) in [5, 5.41) is 8.50. The standard InChI is InChI=1S/C5H5I2N/c6-4-1-5(7,2-4)3-8/h4H,1-2H2. The maximum atomic E-state index is 8.50. The van der Waals surface area contributed by atoms with Crippen molar-refractivity contribution in [1.29, 1.82) is 5.26 Å². The van der Waals surface area contributed by atoms with Gasteiger partial charge in [-0.1, -0.05) is 45.2 Å². The van der Waals surface area contributed by atoms with E-state index in [9.17, 15) is 0 Å². The van der Waals surface area contributed by atoms with Gasteiger partial charge in [0.1, 0.15) is 3.42 Å². The summed E-state index contributed by atoms with van der Waals surface area (Å²) < 4.78 is 0.757. The van der Waals surface area contributed by atoms with E-state index in [0.717, 1.165) is 16.8 Å². The molecule has 1 aliphatic rings. The Bertz CT molecular complexity index is 132. The van der Waals surface area contributed by atoms with Crippen molar-refractivity contribution in [3.05, 3.63) is 0 Å². The smallest absolute Gasteiger partial charge is 0.110 e. The summed E-state index contributed by atoms with van der Waals surface area (Å²) in [5.41, 5.74) is 0. The number of hydrogen-bond donors (Lipinski definition) is 0. The Kier molecular flexibility index (Phi) is 2.02. The fourth-order valence-electron chi connectivity index (χ4n) is 0.734. The molecule has 0 saturated heterocycles. The van der Waals surface area contributed by atoms with Gasteiger partial charge in [0, 0.05) is 3.92 Å². The van der Waals surface area contributed by atoms with E-state index in [2.05, 4.69) is 51.3 Å². The summed E-state index contributed by atoms with van der Waals surface area (Å²) >= 11 is 4.63. The molecule has 1 aliphatic carbocycles. The van der Waals surface area contributed by atoms with E-state index in [4.69, 9.17) is 5.26 Å². The maximum Gasteiger partial charge on any atom is 0.110 e. The van der Waals surface area contributed by atoms with Gasteiger partial charge in [-0.2, -0.15) is 5.26 Å². The van der Waals surface area contributed by atoms with Crippen LogP contribution in [0.2, 0.25) is 0 Å². The van der Waals surface area contributed by atoms with Crippen LogP contribution in [0.3, 0.4) is 0 Å². The van der Waals surface area contributed by atoms with E-state index < -0.39 is 0 Å². The van der Waals surface area contributed by atoms with Crippen LogP contribution in [0.1, 0.15) is 12.8 Å². The van der Waals surface area contributed by atoms with Crippen molar-refractivity contribution < 1.29 is 0 Å². The summed E-state index contributed by atoms with van der Waals surface area (Å²) in [4.78, 5) is 0. The van der Waals surface area contributed by atoms with Crippen molar-refractivity contribution in [3.63, 3.8) is 0 Å². The van der Waals surface area contributed by atoms with Crippen molar-refractivity contribution in [2.24, 2.45) is 0 Å². The first-order chi connectivity index (χ1) is 3.66. The highest BCUT2D eigenvalue weighted by molar-refractivity contribution is 14.1. The third-order valence-corrected chi connectivity index (χ3v) is 3.29. The van der Waals surface area contributed by atoms with E-state index in [0.29, 0.717) is 0 Å². The zero-order valence-electron chi connectivity index (χ0n) is 4.19. The largest absolute Gasteiger partial charge is 0.197 e. The molecule has 44 valence electrons. The van der Waals surface area contributed by atoms with Gasteiger partial charge in [-0.25, -0.2) is 0 Å². The molecule has 0 aromatic rings.